The lowest BCUT2D eigenvalue weighted by molar-refractivity contribution is -0.151. The smallest absolute Gasteiger partial charge is 0.342 e. The lowest BCUT2D eigenvalue weighted by atomic mass is 9.82. The number of esters is 1. The van der Waals surface area contributed by atoms with Crippen molar-refractivity contribution in [2.24, 2.45) is 5.41 Å². The van der Waals surface area contributed by atoms with Crippen molar-refractivity contribution in [2.75, 3.05) is 34.2 Å². The average molecular weight is 453 g/mol. The lowest BCUT2D eigenvalue weighted by Crippen LogP contribution is -2.37. The van der Waals surface area contributed by atoms with Crippen LogP contribution in [0.3, 0.4) is 0 Å². The van der Waals surface area contributed by atoms with Crippen LogP contribution in [0.25, 0.3) is 0 Å². The summed E-state index contributed by atoms with van der Waals surface area (Å²) in [5.74, 6) is -0.779. The number of aliphatic carboxylic acids is 1. The van der Waals surface area contributed by atoms with Gasteiger partial charge in [-0.15, -0.1) is 0 Å². The van der Waals surface area contributed by atoms with E-state index in [1.165, 1.54) is 21.0 Å². The molecule has 0 spiro atoms. The summed E-state index contributed by atoms with van der Waals surface area (Å²) in [5.41, 5.74) is 1.46. The van der Waals surface area contributed by atoms with Crippen molar-refractivity contribution in [3.63, 3.8) is 0 Å². The van der Waals surface area contributed by atoms with E-state index in [1.807, 2.05) is 6.92 Å². The van der Waals surface area contributed by atoms with Crippen molar-refractivity contribution in [2.45, 2.75) is 46.8 Å². The Kier molecular flexibility index (Phi) is 8.65. The Balaban J connectivity index is 2.45. The van der Waals surface area contributed by atoms with Crippen LogP contribution in [0.5, 0.6) is 11.5 Å². The fourth-order valence-corrected chi connectivity index (χ4v) is 3.53. The molecule has 0 aliphatic carbocycles. The third kappa shape index (κ3) is 5.23. The predicted molar refractivity (Wildman–Crippen MR) is 115 cm³/mol. The summed E-state index contributed by atoms with van der Waals surface area (Å²) >= 11 is 0. The molecule has 1 aromatic rings. The molecule has 0 aromatic heterocycles. The minimum absolute atomic E-state index is 0.111. The van der Waals surface area contributed by atoms with Gasteiger partial charge in [-0.05, 0) is 45.3 Å². The summed E-state index contributed by atoms with van der Waals surface area (Å²) in [6, 6.07) is 0. The van der Waals surface area contributed by atoms with Crippen molar-refractivity contribution in [3.8, 4) is 11.5 Å². The molecule has 1 aromatic carbocycles. The highest BCUT2D eigenvalue weighted by Crippen LogP contribution is 2.43. The monoisotopic (exact) mass is 452 g/mol. The van der Waals surface area contributed by atoms with E-state index in [0.29, 0.717) is 47.0 Å². The number of carbonyl (C=O) groups excluding carboxylic acids is 1. The molecule has 0 fully saturated rings. The first-order valence-electron chi connectivity index (χ1n) is 10.2. The molecule has 1 atom stereocenters. The van der Waals surface area contributed by atoms with Crippen LogP contribution in [-0.2, 0) is 32.0 Å². The first-order chi connectivity index (χ1) is 15.1. The van der Waals surface area contributed by atoms with E-state index in [9.17, 15) is 19.8 Å². The molecule has 0 radical (unpaired) electrons. The second-order valence-electron chi connectivity index (χ2n) is 8.14. The number of hydrogen-bond donors (Lipinski definition) is 2. The minimum atomic E-state index is -1.36. The Hall–Kier alpha value is -2.62. The van der Waals surface area contributed by atoms with Gasteiger partial charge in [0.25, 0.3) is 0 Å². The Morgan fingerprint density at radius 2 is 1.94 bits per heavy atom. The van der Waals surface area contributed by atoms with Gasteiger partial charge in [0.05, 0.1) is 31.8 Å². The van der Waals surface area contributed by atoms with E-state index >= 15 is 0 Å². The molecule has 178 valence electrons. The molecule has 0 bridgehead atoms. The zero-order chi connectivity index (χ0) is 24.1. The van der Waals surface area contributed by atoms with E-state index in [1.54, 1.807) is 20.1 Å². The van der Waals surface area contributed by atoms with E-state index in [2.05, 4.69) is 0 Å². The number of rotatable bonds is 12. The van der Waals surface area contributed by atoms with Gasteiger partial charge in [-0.3, -0.25) is 4.79 Å². The van der Waals surface area contributed by atoms with Crippen LogP contribution in [0.15, 0.2) is 11.6 Å². The molecular formula is C23H32O9. The second kappa shape index (κ2) is 10.8. The highest BCUT2D eigenvalue weighted by Gasteiger charge is 2.37. The fraction of sp³-hybridized carbons (Fsp3) is 0.565. The van der Waals surface area contributed by atoms with Crippen LogP contribution >= 0.6 is 0 Å². The van der Waals surface area contributed by atoms with Crippen molar-refractivity contribution in [3.05, 3.63) is 33.9 Å². The van der Waals surface area contributed by atoms with Crippen LogP contribution in [-0.4, -0.2) is 62.5 Å². The summed E-state index contributed by atoms with van der Waals surface area (Å²) in [7, 11) is 3.08. The number of cyclic esters (lactones) is 1. The van der Waals surface area contributed by atoms with Crippen molar-refractivity contribution in [1.82, 2.24) is 0 Å². The third-order valence-electron chi connectivity index (χ3n) is 5.64. The largest absolute Gasteiger partial charge is 0.496 e. The van der Waals surface area contributed by atoms with Crippen molar-refractivity contribution < 1.29 is 43.5 Å². The first kappa shape index (κ1) is 25.6. The van der Waals surface area contributed by atoms with Gasteiger partial charge in [-0.1, -0.05) is 6.08 Å². The summed E-state index contributed by atoms with van der Waals surface area (Å²) in [6.45, 7) is 7.13. The van der Waals surface area contributed by atoms with Crippen LogP contribution in [0.4, 0.5) is 0 Å². The Labute approximate surface area is 187 Å². The highest BCUT2D eigenvalue weighted by atomic mass is 16.7. The number of carboxylic acids is 1. The number of aliphatic hydroxyl groups is 1. The van der Waals surface area contributed by atoms with Crippen molar-refractivity contribution in [1.29, 1.82) is 0 Å². The molecule has 0 saturated heterocycles. The molecule has 9 nitrogen and oxygen atoms in total. The zero-order valence-electron chi connectivity index (χ0n) is 19.4. The summed E-state index contributed by atoms with van der Waals surface area (Å²) < 4.78 is 27.0. The standard InChI is InChI=1S/C23H32O9/c1-13(20(24)23(3,4)22(26)27)7-8-15-18(29-6)14(2)16-11-31-21(25)17(16)19(15)32-12-30-10-9-28-5/h7,20,24H,8-12H2,1-6H3,(H,26,27). The molecule has 32 heavy (non-hydrogen) atoms. The number of carboxylic acid groups (broad SMARTS) is 1. The van der Waals surface area contributed by atoms with Gasteiger partial charge in [0, 0.05) is 18.2 Å². The summed E-state index contributed by atoms with van der Waals surface area (Å²) in [4.78, 5) is 24.0. The molecule has 1 heterocycles. The molecule has 0 amide bonds. The van der Waals surface area contributed by atoms with Gasteiger partial charge in [-0.25, -0.2) is 4.79 Å². The molecule has 9 heteroatoms. The molecule has 1 aliphatic heterocycles. The molecule has 0 saturated carbocycles. The molecule has 1 aliphatic rings. The molecule has 1 unspecified atom stereocenters. The van der Waals surface area contributed by atoms with Crippen LogP contribution < -0.4 is 9.47 Å². The predicted octanol–water partition coefficient (Wildman–Crippen LogP) is 2.63. The van der Waals surface area contributed by atoms with Gasteiger partial charge in [0.15, 0.2) is 6.79 Å². The van der Waals surface area contributed by atoms with E-state index in [4.69, 9.17) is 23.7 Å². The molecule has 2 rings (SSSR count). The van der Waals surface area contributed by atoms with Gasteiger partial charge in [0.1, 0.15) is 23.7 Å². The number of benzene rings is 1. The van der Waals surface area contributed by atoms with E-state index in [0.717, 1.165) is 5.56 Å². The van der Waals surface area contributed by atoms with Crippen LogP contribution in [0.1, 0.15) is 47.8 Å². The number of allylic oxidation sites excluding steroid dienone is 1. The Morgan fingerprint density at radius 1 is 1.25 bits per heavy atom. The quantitative estimate of drug-likeness (QED) is 0.213. The maximum Gasteiger partial charge on any atom is 0.342 e. The van der Waals surface area contributed by atoms with Crippen molar-refractivity contribution >= 4 is 11.9 Å². The number of methoxy groups -OCH3 is 2. The molecule has 2 N–H and O–H groups in total. The summed E-state index contributed by atoms with van der Waals surface area (Å²) in [5, 5.41) is 19.9. The topological polar surface area (TPSA) is 121 Å². The minimum Gasteiger partial charge on any atom is -0.496 e. The lowest BCUT2D eigenvalue weighted by Gasteiger charge is -2.27. The number of ether oxygens (including phenoxy) is 5. The van der Waals surface area contributed by atoms with Gasteiger partial charge in [-0.2, -0.15) is 0 Å². The normalized spacial score (nSPS) is 14.7. The van der Waals surface area contributed by atoms with Crippen LogP contribution in [0, 0.1) is 12.3 Å². The maximum absolute atomic E-state index is 12.5. The number of carbonyl (C=O) groups is 2. The van der Waals surface area contributed by atoms with Gasteiger partial charge in [0.2, 0.25) is 0 Å². The first-order valence-corrected chi connectivity index (χ1v) is 10.2. The highest BCUT2D eigenvalue weighted by molar-refractivity contribution is 5.98. The average Bonchev–Trinajstić information content (AvgIpc) is 3.14. The van der Waals surface area contributed by atoms with E-state index in [-0.39, 0.29) is 19.8 Å². The second-order valence-corrected chi connectivity index (χ2v) is 8.14. The zero-order valence-corrected chi connectivity index (χ0v) is 19.4. The third-order valence-corrected chi connectivity index (χ3v) is 5.64. The number of aliphatic hydroxyl groups excluding tert-OH is 1. The van der Waals surface area contributed by atoms with Crippen LogP contribution in [0.2, 0.25) is 0 Å². The van der Waals surface area contributed by atoms with Gasteiger partial charge >= 0.3 is 11.9 Å². The fourth-order valence-electron chi connectivity index (χ4n) is 3.53. The van der Waals surface area contributed by atoms with E-state index < -0.39 is 23.5 Å². The number of fused-ring (bicyclic) bond motifs is 1. The Bertz CT molecular complexity index is 886. The molecular weight excluding hydrogens is 420 g/mol. The SMILES string of the molecule is COCCOCOc1c(CC=C(C)C(O)C(C)(C)C(=O)O)c(OC)c(C)c2c1C(=O)OC2. The maximum atomic E-state index is 12.5. The number of hydrogen-bond acceptors (Lipinski definition) is 8. The van der Waals surface area contributed by atoms with Gasteiger partial charge < -0.3 is 33.9 Å². The Morgan fingerprint density at radius 3 is 2.53 bits per heavy atom. The summed E-state index contributed by atoms with van der Waals surface area (Å²) in [6.07, 6.45) is 0.738.